The van der Waals surface area contributed by atoms with Crippen molar-refractivity contribution in [3.8, 4) is 17.0 Å². The number of nitrogens with one attached hydrogen (secondary N) is 3. The van der Waals surface area contributed by atoms with Gasteiger partial charge < -0.3 is 15.0 Å². The van der Waals surface area contributed by atoms with Crippen molar-refractivity contribution < 1.29 is 4.74 Å². The standard InChI is InChI=1S/C26H28N6O3/c1-14-11-17-13-31(14)9-10-32-26(34)19-4-2-3-18(21(19)30-32)22-25(33)28-20-8-5-15(12-27-16-6-7-16)24(35-17)23(20)29-22/h2-5,8,14,16-17,27,30H,6-7,9-13H2,1H3,(H,28,33)/t14-,17?/m1/s1. The normalized spacial score (nSPS) is 23.7. The van der Waals surface area contributed by atoms with E-state index in [1.165, 1.54) is 12.8 Å². The SMILES string of the molecule is C[C@@H]1CC2CN1CCn1[nH]c3c(cccc3c1=O)-c1nc3c(c(CNC4CC4)ccc3[nH]c1=O)O2. The molecular formula is C26H28N6O3. The van der Waals surface area contributed by atoms with Crippen molar-refractivity contribution in [3.63, 3.8) is 0 Å². The van der Waals surface area contributed by atoms with Crippen molar-refractivity contribution >= 4 is 21.9 Å². The Hall–Kier alpha value is -3.43. The highest BCUT2D eigenvalue weighted by Crippen LogP contribution is 2.33. The molecule has 2 fully saturated rings. The van der Waals surface area contributed by atoms with E-state index in [1.807, 2.05) is 24.3 Å². The van der Waals surface area contributed by atoms with E-state index in [0.29, 0.717) is 52.7 Å². The molecule has 9 heteroatoms. The van der Waals surface area contributed by atoms with Crippen molar-refractivity contribution in [2.75, 3.05) is 13.1 Å². The van der Waals surface area contributed by atoms with Crippen LogP contribution in [0.4, 0.5) is 0 Å². The number of para-hydroxylation sites is 1. The lowest BCUT2D eigenvalue weighted by atomic mass is 10.1. The average molecular weight is 473 g/mol. The molecule has 4 aromatic rings. The second-order valence-corrected chi connectivity index (χ2v) is 10.1. The van der Waals surface area contributed by atoms with Gasteiger partial charge in [0.15, 0.2) is 5.75 Å². The van der Waals surface area contributed by atoms with Gasteiger partial charge in [0.25, 0.3) is 11.1 Å². The molecular weight excluding hydrogens is 444 g/mol. The van der Waals surface area contributed by atoms with Gasteiger partial charge in [-0.15, -0.1) is 0 Å². The van der Waals surface area contributed by atoms with Gasteiger partial charge in [0, 0.05) is 49.3 Å². The zero-order valence-electron chi connectivity index (χ0n) is 19.6. The first kappa shape index (κ1) is 20.9. The van der Waals surface area contributed by atoms with Crippen LogP contribution in [0.25, 0.3) is 33.2 Å². The summed E-state index contributed by atoms with van der Waals surface area (Å²) in [5.74, 6) is 0.738. The Balaban J connectivity index is 1.48. The summed E-state index contributed by atoms with van der Waals surface area (Å²) in [5, 5.41) is 7.42. The largest absolute Gasteiger partial charge is 0.486 e. The third kappa shape index (κ3) is 3.49. The van der Waals surface area contributed by atoms with E-state index in [-0.39, 0.29) is 22.9 Å². The zero-order valence-corrected chi connectivity index (χ0v) is 19.6. The minimum atomic E-state index is -0.291. The second kappa shape index (κ2) is 7.79. The lowest BCUT2D eigenvalue weighted by Gasteiger charge is -2.21. The van der Waals surface area contributed by atoms with Crippen LogP contribution in [0.5, 0.6) is 5.75 Å². The van der Waals surface area contributed by atoms with Crippen LogP contribution in [0.2, 0.25) is 0 Å². The van der Waals surface area contributed by atoms with Gasteiger partial charge in [0.1, 0.15) is 17.3 Å². The fraction of sp³-hybridized carbons (Fsp3) is 0.423. The van der Waals surface area contributed by atoms with E-state index in [1.54, 1.807) is 10.7 Å². The Labute approximate surface area is 201 Å². The Morgan fingerprint density at radius 2 is 2.06 bits per heavy atom. The Kier molecular flexibility index (Phi) is 4.65. The van der Waals surface area contributed by atoms with Crippen LogP contribution in [0.15, 0.2) is 39.9 Å². The van der Waals surface area contributed by atoms with Gasteiger partial charge in [-0.05, 0) is 31.9 Å². The first-order valence-electron chi connectivity index (χ1n) is 12.5. The maximum Gasteiger partial charge on any atom is 0.275 e. The summed E-state index contributed by atoms with van der Waals surface area (Å²) in [7, 11) is 0. The first-order valence-corrected chi connectivity index (χ1v) is 12.5. The smallest absolute Gasteiger partial charge is 0.275 e. The molecule has 2 unspecified atom stereocenters. The van der Waals surface area contributed by atoms with E-state index >= 15 is 0 Å². The summed E-state index contributed by atoms with van der Waals surface area (Å²) in [6, 6.07) is 10.3. The van der Waals surface area contributed by atoms with Crippen molar-refractivity contribution in [3.05, 3.63) is 56.6 Å². The summed E-state index contributed by atoms with van der Waals surface area (Å²) >= 11 is 0. The van der Waals surface area contributed by atoms with Gasteiger partial charge in [-0.25, -0.2) is 4.98 Å². The molecule has 1 aliphatic carbocycles. The number of aromatic amines is 2. The molecule has 1 saturated carbocycles. The molecule has 0 amide bonds. The van der Waals surface area contributed by atoms with Crippen molar-refractivity contribution in [1.82, 2.24) is 30.0 Å². The Bertz CT molecular complexity index is 1580. The minimum absolute atomic E-state index is 0.00856. The molecule has 180 valence electrons. The quantitative estimate of drug-likeness (QED) is 0.423. The molecule has 2 aromatic carbocycles. The molecule has 3 atom stereocenters. The zero-order chi connectivity index (χ0) is 23.7. The highest BCUT2D eigenvalue weighted by atomic mass is 16.5. The molecule has 4 heterocycles. The number of nitrogens with zero attached hydrogens (tertiary/aromatic N) is 3. The summed E-state index contributed by atoms with van der Waals surface area (Å²) in [6.07, 6.45) is 3.31. The fourth-order valence-electron chi connectivity index (χ4n) is 5.54. The van der Waals surface area contributed by atoms with E-state index in [2.05, 4.69) is 27.2 Å². The predicted octanol–water partition coefficient (Wildman–Crippen LogP) is 2.34. The lowest BCUT2D eigenvalue weighted by molar-refractivity contribution is 0.194. The number of aromatic nitrogens is 4. The third-order valence-corrected chi connectivity index (χ3v) is 7.66. The topological polar surface area (TPSA) is 108 Å². The lowest BCUT2D eigenvalue weighted by Crippen LogP contribution is -2.33. The second-order valence-electron chi connectivity index (χ2n) is 10.1. The Morgan fingerprint density at radius 1 is 1.17 bits per heavy atom. The molecule has 3 aliphatic rings. The fourth-order valence-corrected chi connectivity index (χ4v) is 5.54. The maximum absolute atomic E-state index is 13.2. The van der Waals surface area contributed by atoms with Crippen LogP contribution in [-0.4, -0.2) is 55.9 Å². The monoisotopic (exact) mass is 472 g/mol. The van der Waals surface area contributed by atoms with Crippen LogP contribution >= 0.6 is 0 Å². The van der Waals surface area contributed by atoms with Gasteiger partial charge in [0.2, 0.25) is 0 Å². The van der Waals surface area contributed by atoms with Crippen LogP contribution in [0.3, 0.4) is 0 Å². The molecule has 0 spiro atoms. The number of rotatable bonds is 3. The number of fused-ring (bicyclic) bond motifs is 5. The highest BCUT2D eigenvalue weighted by molar-refractivity contribution is 5.94. The van der Waals surface area contributed by atoms with E-state index in [4.69, 9.17) is 9.72 Å². The van der Waals surface area contributed by atoms with E-state index < -0.39 is 0 Å². The molecule has 6 bridgehead atoms. The number of H-pyrrole nitrogens is 2. The van der Waals surface area contributed by atoms with Gasteiger partial charge in [-0.2, -0.15) is 0 Å². The maximum atomic E-state index is 13.2. The number of hydrogen-bond acceptors (Lipinski definition) is 6. The number of benzene rings is 2. The van der Waals surface area contributed by atoms with Gasteiger partial charge in [-0.1, -0.05) is 18.2 Å². The minimum Gasteiger partial charge on any atom is -0.486 e. The summed E-state index contributed by atoms with van der Waals surface area (Å²) in [6.45, 7) is 4.97. The third-order valence-electron chi connectivity index (χ3n) is 7.66. The number of hydrogen-bond donors (Lipinski definition) is 3. The molecule has 2 aliphatic heterocycles. The van der Waals surface area contributed by atoms with E-state index in [0.717, 1.165) is 30.8 Å². The molecule has 3 N–H and O–H groups in total. The first-order chi connectivity index (χ1) is 17.0. The average Bonchev–Trinajstić information content (AvgIpc) is 3.54. The van der Waals surface area contributed by atoms with Gasteiger partial charge in [0.05, 0.1) is 23.0 Å². The molecule has 0 radical (unpaired) electrons. The van der Waals surface area contributed by atoms with Gasteiger partial charge >= 0.3 is 0 Å². The summed E-state index contributed by atoms with van der Waals surface area (Å²) in [4.78, 5) is 36.6. The van der Waals surface area contributed by atoms with Crippen molar-refractivity contribution in [2.24, 2.45) is 0 Å². The highest BCUT2D eigenvalue weighted by Gasteiger charge is 2.32. The molecule has 9 nitrogen and oxygen atoms in total. The molecule has 35 heavy (non-hydrogen) atoms. The molecule has 1 saturated heterocycles. The van der Waals surface area contributed by atoms with Crippen LogP contribution in [0, 0.1) is 0 Å². The van der Waals surface area contributed by atoms with Crippen LogP contribution < -0.4 is 21.2 Å². The number of ether oxygens (including phenoxy) is 1. The van der Waals surface area contributed by atoms with E-state index in [9.17, 15) is 9.59 Å². The Morgan fingerprint density at radius 3 is 2.91 bits per heavy atom. The van der Waals surface area contributed by atoms with Crippen LogP contribution in [-0.2, 0) is 13.1 Å². The molecule has 2 aromatic heterocycles. The molecule has 7 rings (SSSR count). The summed E-state index contributed by atoms with van der Waals surface area (Å²) in [5.41, 5.74) is 3.51. The predicted molar refractivity (Wildman–Crippen MR) is 134 cm³/mol. The van der Waals surface area contributed by atoms with Crippen molar-refractivity contribution in [2.45, 2.75) is 57.5 Å². The van der Waals surface area contributed by atoms with Crippen LogP contribution in [0.1, 0.15) is 31.7 Å². The van der Waals surface area contributed by atoms with Crippen molar-refractivity contribution in [1.29, 1.82) is 0 Å². The summed E-state index contributed by atoms with van der Waals surface area (Å²) < 4.78 is 8.34. The van der Waals surface area contributed by atoms with Gasteiger partial charge in [-0.3, -0.25) is 24.3 Å².